The van der Waals surface area contributed by atoms with Crippen LogP contribution in [0.2, 0.25) is 0 Å². The van der Waals surface area contributed by atoms with E-state index in [0.29, 0.717) is 28.6 Å². The highest BCUT2D eigenvalue weighted by Crippen LogP contribution is 2.32. The Bertz CT molecular complexity index is 608. The van der Waals surface area contributed by atoms with E-state index in [9.17, 15) is 4.79 Å². The molecular weight excluding hydrogens is 236 g/mol. The third kappa shape index (κ3) is 1.71. The fourth-order valence-electron chi connectivity index (χ4n) is 1.62. The average Bonchev–Trinajstić information content (AvgIpc) is 2.98. The number of nitrogen functional groups attached to an aromatic ring is 1. The van der Waals surface area contributed by atoms with Crippen molar-refractivity contribution >= 4 is 17.4 Å². The number of nitrogens with two attached hydrogens (primary N) is 1. The smallest absolute Gasteiger partial charge is 0.256 e. The molecule has 18 heavy (non-hydrogen) atoms. The van der Waals surface area contributed by atoms with Crippen molar-refractivity contribution in [2.75, 3.05) is 17.8 Å². The molecule has 1 aliphatic heterocycles. The Kier molecular flexibility index (Phi) is 2.30. The van der Waals surface area contributed by atoms with Gasteiger partial charge < -0.3 is 20.5 Å². The summed E-state index contributed by atoms with van der Waals surface area (Å²) in [5, 5.41) is 8.93. The maximum atomic E-state index is 12.0. The van der Waals surface area contributed by atoms with Gasteiger partial charge >= 0.3 is 0 Å². The predicted octanol–water partition coefficient (Wildman–Crippen LogP) is 0.973. The Labute approximate surface area is 102 Å². The third-order valence-electron chi connectivity index (χ3n) is 2.54. The number of hydrogen-bond acceptors (Lipinski definition) is 5. The van der Waals surface area contributed by atoms with Crippen LogP contribution in [0.25, 0.3) is 0 Å². The van der Waals surface area contributed by atoms with Crippen molar-refractivity contribution in [3.8, 4) is 11.5 Å². The van der Waals surface area contributed by atoms with Crippen LogP contribution < -0.4 is 20.5 Å². The van der Waals surface area contributed by atoms with E-state index in [4.69, 9.17) is 15.2 Å². The minimum atomic E-state index is -0.302. The second-order valence-electron chi connectivity index (χ2n) is 3.72. The number of nitrogens with one attached hydrogen (secondary N) is 2. The first-order chi connectivity index (χ1) is 8.74. The van der Waals surface area contributed by atoms with E-state index >= 15 is 0 Å². The molecule has 1 aromatic carbocycles. The van der Waals surface area contributed by atoms with Crippen molar-refractivity contribution in [3.05, 3.63) is 30.0 Å². The third-order valence-corrected chi connectivity index (χ3v) is 2.54. The summed E-state index contributed by atoms with van der Waals surface area (Å²) >= 11 is 0. The van der Waals surface area contributed by atoms with Gasteiger partial charge in [-0.3, -0.25) is 9.89 Å². The molecular formula is C11H10N4O3. The van der Waals surface area contributed by atoms with Gasteiger partial charge in [-0.15, -0.1) is 0 Å². The Hall–Kier alpha value is -2.70. The fraction of sp³-hybridized carbons (Fsp3) is 0.0909. The first-order valence-corrected chi connectivity index (χ1v) is 5.24. The van der Waals surface area contributed by atoms with Crippen LogP contribution in [-0.2, 0) is 0 Å². The molecule has 1 aromatic heterocycles. The van der Waals surface area contributed by atoms with Crippen LogP contribution in [0, 0.1) is 0 Å². The number of hydrogen-bond donors (Lipinski definition) is 3. The largest absolute Gasteiger partial charge is 0.454 e. The Morgan fingerprint density at radius 1 is 1.39 bits per heavy atom. The van der Waals surface area contributed by atoms with Crippen molar-refractivity contribution in [1.82, 2.24) is 10.2 Å². The van der Waals surface area contributed by atoms with Crippen LogP contribution in [0.1, 0.15) is 10.4 Å². The molecule has 0 atom stereocenters. The summed E-state index contributed by atoms with van der Waals surface area (Å²) in [6.45, 7) is 0.175. The predicted molar refractivity (Wildman–Crippen MR) is 63.5 cm³/mol. The molecule has 2 heterocycles. The second kappa shape index (κ2) is 3.95. The quantitative estimate of drug-likeness (QED) is 0.732. The Balaban J connectivity index is 1.83. The first-order valence-electron chi connectivity index (χ1n) is 5.24. The van der Waals surface area contributed by atoms with Gasteiger partial charge in [-0.05, 0) is 18.2 Å². The van der Waals surface area contributed by atoms with Crippen LogP contribution in [0.5, 0.6) is 11.5 Å². The highest BCUT2D eigenvalue weighted by molar-refractivity contribution is 6.05. The number of rotatable bonds is 2. The van der Waals surface area contributed by atoms with Crippen LogP contribution >= 0.6 is 0 Å². The molecule has 1 aliphatic rings. The molecule has 1 amide bonds. The van der Waals surface area contributed by atoms with Crippen LogP contribution in [0.15, 0.2) is 24.4 Å². The number of nitrogens with zero attached hydrogens (tertiary/aromatic N) is 1. The van der Waals surface area contributed by atoms with E-state index in [-0.39, 0.29) is 12.7 Å². The molecule has 0 saturated carbocycles. The Morgan fingerprint density at radius 2 is 2.22 bits per heavy atom. The number of carbonyl (C=O) groups excluding carboxylic acids is 1. The molecule has 2 aromatic rings. The van der Waals surface area contributed by atoms with Crippen molar-refractivity contribution in [2.24, 2.45) is 0 Å². The topological polar surface area (TPSA) is 102 Å². The number of benzene rings is 1. The van der Waals surface area contributed by atoms with Gasteiger partial charge in [0, 0.05) is 5.56 Å². The fourth-order valence-corrected chi connectivity index (χ4v) is 1.62. The van der Waals surface area contributed by atoms with Gasteiger partial charge in [0.1, 0.15) is 0 Å². The van der Waals surface area contributed by atoms with Gasteiger partial charge in [-0.2, -0.15) is 5.10 Å². The van der Waals surface area contributed by atoms with Gasteiger partial charge in [0.2, 0.25) is 6.79 Å². The van der Waals surface area contributed by atoms with E-state index in [2.05, 4.69) is 15.5 Å². The van der Waals surface area contributed by atoms with Crippen molar-refractivity contribution < 1.29 is 14.3 Å². The molecule has 0 unspecified atom stereocenters. The SMILES string of the molecule is Nc1cn[nH]c1NC(=O)c1ccc2c(c1)OCO2. The van der Waals surface area contributed by atoms with E-state index in [1.807, 2.05) is 0 Å². The minimum absolute atomic E-state index is 0.175. The van der Waals surface area contributed by atoms with Crippen molar-refractivity contribution in [2.45, 2.75) is 0 Å². The molecule has 0 aliphatic carbocycles. The van der Waals surface area contributed by atoms with E-state index in [0.717, 1.165) is 0 Å². The van der Waals surface area contributed by atoms with Gasteiger partial charge in [-0.25, -0.2) is 0 Å². The molecule has 92 valence electrons. The summed E-state index contributed by atoms with van der Waals surface area (Å²) in [7, 11) is 0. The van der Waals surface area contributed by atoms with Gasteiger partial charge in [0.05, 0.1) is 11.9 Å². The molecule has 4 N–H and O–H groups in total. The summed E-state index contributed by atoms with van der Waals surface area (Å²) in [5.74, 6) is 1.26. The monoisotopic (exact) mass is 246 g/mol. The molecule has 7 nitrogen and oxygen atoms in total. The lowest BCUT2D eigenvalue weighted by molar-refractivity contribution is 0.102. The number of anilines is 2. The number of aromatic amines is 1. The normalized spacial score (nSPS) is 12.4. The molecule has 7 heteroatoms. The van der Waals surface area contributed by atoms with Gasteiger partial charge in [-0.1, -0.05) is 0 Å². The minimum Gasteiger partial charge on any atom is -0.454 e. The number of H-pyrrole nitrogens is 1. The molecule has 0 radical (unpaired) electrons. The lowest BCUT2D eigenvalue weighted by Gasteiger charge is -2.04. The summed E-state index contributed by atoms with van der Waals surface area (Å²) < 4.78 is 10.4. The molecule has 3 rings (SSSR count). The summed E-state index contributed by atoms with van der Waals surface area (Å²) in [5.41, 5.74) is 6.43. The zero-order chi connectivity index (χ0) is 12.5. The molecule has 0 bridgehead atoms. The maximum absolute atomic E-state index is 12.0. The zero-order valence-electron chi connectivity index (χ0n) is 9.27. The number of ether oxygens (including phenoxy) is 2. The summed E-state index contributed by atoms with van der Waals surface area (Å²) in [4.78, 5) is 12.0. The average molecular weight is 246 g/mol. The van der Waals surface area contributed by atoms with Crippen molar-refractivity contribution in [1.29, 1.82) is 0 Å². The van der Waals surface area contributed by atoms with Gasteiger partial charge in [0.15, 0.2) is 17.3 Å². The molecule has 0 fully saturated rings. The van der Waals surface area contributed by atoms with E-state index in [1.165, 1.54) is 6.20 Å². The van der Waals surface area contributed by atoms with Gasteiger partial charge in [0.25, 0.3) is 5.91 Å². The number of amides is 1. The number of carbonyl (C=O) groups is 1. The second-order valence-corrected chi connectivity index (χ2v) is 3.72. The highest BCUT2D eigenvalue weighted by Gasteiger charge is 2.16. The van der Waals surface area contributed by atoms with E-state index < -0.39 is 0 Å². The maximum Gasteiger partial charge on any atom is 0.256 e. The standard InChI is InChI=1S/C11H10N4O3/c12-7-4-13-15-10(7)14-11(16)6-1-2-8-9(3-6)18-5-17-8/h1-4H,5,12H2,(H2,13,14,15,16). The van der Waals surface area contributed by atoms with E-state index in [1.54, 1.807) is 18.2 Å². The van der Waals surface area contributed by atoms with Crippen molar-refractivity contribution in [3.63, 3.8) is 0 Å². The number of fused-ring (bicyclic) bond motifs is 1. The Morgan fingerprint density at radius 3 is 3.00 bits per heavy atom. The molecule has 0 saturated heterocycles. The molecule has 0 spiro atoms. The summed E-state index contributed by atoms with van der Waals surface area (Å²) in [6.07, 6.45) is 1.43. The van der Waals surface area contributed by atoms with Crippen LogP contribution in [0.3, 0.4) is 0 Å². The first kappa shape index (κ1) is 10.5. The number of aromatic nitrogens is 2. The highest BCUT2D eigenvalue weighted by atomic mass is 16.7. The lowest BCUT2D eigenvalue weighted by Crippen LogP contribution is -2.13. The van der Waals surface area contributed by atoms with Crippen LogP contribution in [-0.4, -0.2) is 22.9 Å². The van der Waals surface area contributed by atoms with Crippen LogP contribution in [0.4, 0.5) is 11.5 Å². The lowest BCUT2D eigenvalue weighted by atomic mass is 10.2. The zero-order valence-corrected chi connectivity index (χ0v) is 9.27. The summed E-state index contributed by atoms with van der Waals surface area (Å²) in [6, 6.07) is 4.95.